The van der Waals surface area contributed by atoms with E-state index in [0.717, 1.165) is 19.6 Å². The molecular formula is C14H19ClN4O3. The summed E-state index contributed by atoms with van der Waals surface area (Å²) in [5.74, 6) is -0.240. The number of carbonyl (C=O) groups excluding carboxylic acids is 2. The van der Waals surface area contributed by atoms with Crippen molar-refractivity contribution in [1.29, 1.82) is 0 Å². The Kier molecular flexibility index (Phi) is 5.97. The van der Waals surface area contributed by atoms with Gasteiger partial charge in [-0.3, -0.25) is 14.7 Å². The monoisotopic (exact) mass is 326 g/mol. The fraction of sp³-hybridized carbons (Fsp3) is 0.500. The first-order chi connectivity index (χ1) is 10.6. The lowest BCUT2D eigenvalue weighted by molar-refractivity contribution is 0.0883. The van der Waals surface area contributed by atoms with E-state index in [0.29, 0.717) is 30.4 Å². The molecule has 0 radical (unpaired) electrons. The quantitative estimate of drug-likeness (QED) is 0.888. The van der Waals surface area contributed by atoms with E-state index >= 15 is 0 Å². The molecule has 0 spiro atoms. The number of amides is 2. The van der Waals surface area contributed by atoms with E-state index in [4.69, 9.17) is 11.6 Å². The molecule has 0 bridgehead atoms. The highest BCUT2D eigenvalue weighted by Crippen LogP contribution is 2.07. The van der Waals surface area contributed by atoms with Crippen molar-refractivity contribution in [3.63, 3.8) is 0 Å². The van der Waals surface area contributed by atoms with Crippen LogP contribution in [0.5, 0.6) is 0 Å². The van der Waals surface area contributed by atoms with Crippen molar-refractivity contribution in [3.05, 3.63) is 29.0 Å². The lowest BCUT2D eigenvalue weighted by atomic mass is 10.3. The molecule has 22 heavy (non-hydrogen) atoms. The third-order valence-electron chi connectivity index (χ3n) is 3.47. The molecule has 1 aromatic rings. The number of pyridine rings is 1. The fourth-order valence-electron chi connectivity index (χ4n) is 2.23. The van der Waals surface area contributed by atoms with Gasteiger partial charge in [-0.2, -0.15) is 0 Å². The van der Waals surface area contributed by atoms with E-state index in [1.54, 1.807) is 11.0 Å². The van der Waals surface area contributed by atoms with E-state index in [2.05, 4.69) is 19.9 Å². The smallest absolute Gasteiger partial charge is 0.409 e. The van der Waals surface area contributed by atoms with Crippen LogP contribution in [0.25, 0.3) is 0 Å². The summed E-state index contributed by atoms with van der Waals surface area (Å²) < 4.78 is 4.69. The molecular weight excluding hydrogens is 308 g/mol. The average molecular weight is 327 g/mol. The van der Waals surface area contributed by atoms with Gasteiger partial charge in [0, 0.05) is 50.5 Å². The first-order valence-corrected chi connectivity index (χ1v) is 7.43. The van der Waals surface area contributed by atoms with Gasteiger partial charge in [0.2, 0.25) is 0 Å². The number of hydrogen-bond acceptors (Lipinski definition) is 5. The zero-order valence-electron chi connectivity index (χ0n) is 12.4. The number of carbonyl (C=O) groups is 2. The maximum absolute atomic E-state index is 11.9. The molecule has 2 amide bonds. The molecule has 8 heteroatoms. The van der Waals surface area contributed by atoms with Crippen LogP contribution in [0.15, 0.2) is 18.3 Å². The van der Waals surface area contributed by atoms with E-state index in [1.165, 1.54) is 19.4 Å². The zero-order chi connectivity index (χ0) is 15.9. The Balaban J connectivity index is 1.69. The third kappa shape index (κ3) is 4.57. The van der Waals surface area contributed by atoms with Gasteiger partial charge in [-0.05, 0) is 12.1 Å². The van der Waals surface area contributed by atoms with Crippen LogP contribution >= 0.6 is 11.6 Å². The molecule has 0 atom stereocenters. The van der Waals surface area contributed by atoms with Crippen LogP contribution in [0.3, 0.4) is 0 Å². The van der Waals surface area contributed by atoms with Gasteiger partial charge in [0.15, 0.2) is 0 Å². The summed E-state index contributed by atoms with van der Waals surface area (Å²) in [4.78, 5) is 31.1. The van der Waals surface area contributed by atoms with Crippen molar-refractivity contribution in [2.75, 3.05) is 46.4 Å². The summed E-state index contributed by atoms with van der Waals surface area (Å²) in [5, 5.41) is 3.30. The molecule has 0 unspecified atom stereocenters. The second kappa shape index (κ2) is 7.95. The standard InChI is InChI=1S/C14H19ClN4O3/c1-22-14(21)19-8-6-18(7-9-19)5-4-17-13(20)12-10-11(15)2-3-16-12/h2-3,10H,4-9H2,1H3,(H,17,20). The summed E-state index contributed by atoms with van der Waals surface area (Å²) in [6.45, 7) is 4.04. The minimum absolute atomic E-state index is 0.240. The number of piperazine rings is 1. The number of hydrogen-bond donors (Lipinski definition) is 1. The highest BCUT2D eigenvalue weighted by molar-refractivity contribution is 6.30. The predicted molar refractivity (Wildman–Crippen MR) is 82.0 cm³/mol. The van der Waals surface area contributed by atoms with Crippen molar-refractivity contribution < 1.29 is 14.3 Å². The topological polar surface area (TPSA) is 74.8 Å². The Morgan fingerprint density at radius 1 is 1.36 bits per heavy atom. The SMILES string of the molecule is COC(=O)N1CCN(CCNC(=O)c2cc(Cl)ccn2)CC1. The van der Waals surface area contributed by atoms with Gasteiger partial charge in [0.1, 0.15) is 5.69 Å². The maximum atomic E-state index is 11.9. The lowest BCUT2D eigenvalue weighted by Gasteiger charge is -2.33. The number of nitrogens with zero attached hydrogens (tertiary/aromatic N) is 3. The minimum atomic E-state index is -0.292. The maximum Gasteiger partial charge on any atom is 0.409 e. The highest BCUT2D eigenvalue weighted by atomic mass is 35.5. The second-order valence-corrected chi connectivity index (χ2v) is 5.35. The highest BCUT2D eigenvalue weighted by Gasteiger charge is 2.21. The van der Waals surface area contributed by atoms with Gasteiger partial charge in [0.25, 0.3) is 5.91 Å². The molecule has 1 saturated heterocycles. The third-order valence-corrected chi connectivity index (χ3v) is 3.71. The molecule has 2 heterocycles. The van der Waals surface area contributed by atoms with E-state index in [9.17, 15) is 9.59 Å². The molecule has 0 saturated carbocycles. The summed E-state index contributed by atoms with van der Waals surface area (Å²) in [6, 6.07) is 3.16. The number of nitrogens with one attached hydrogen (secondary N) is 1. The summed E-state index contributed by atoms with van der Waals surface area (Å²) in [6.07, 6.45) is 1.21. The molecule has 0 aromatic carbocycles. The number of aromatic nitrogens is 1. The fourth-order valence-corrected chi connectivity index (χ4v) is 2.39. The van der Waals surface area contributed by atoms with E-state index in [-0.39, 0.29) is 12.0 Å². The Morgan fingerprint density at radius 2 is 2.09 bits per heavy atom. The normalized spacial score (nSPS) is 15.5. The van der Waals surface area contributed by atoms with Gasteiger partial charge >= 0.3 is 6.09 Å². The van der Waals surface area contributed by atoms with E-state index in [1.807, 2.05) is 0 Å². The molecule has 1 N–H and O–H groups in total. The van der Waals surface area contributed by atoms with Gasteiger partial charge in [-0.25, -0.2) is 4.79 Å². The van der Waals surface area contributed by atoms with Crippen LogP contribution in [-0.4, -0.2) is 73.2 Å². The van der Waals surface area contributed by atoms with Gasteiger partial charge in [-0.1, -0.05) is 11.6 Å². The molecule has 0 aliphatic carbocycles. The first-order valence-electron chi connectivity index (χ1n) is 7.05. The van der Waals surface area contributed by atoms with Crippen molar-refractivity contribution in [1.82, 2.24) is 20.1 Å². The Bertz CT molecular complexity index is 533. The average Bonchev–Trinajstić information content (AvgIpc) is 2.54. The molecule has 1 fully saturated rings. The van der Waals surface area contributed by atoms with Crippen molar-refractivity contribution >= 4 is 23.6 Å². The molecule has 1 aliphatic rings. The van der Waals surface area contributed by atoms with Gasteiger partial charge in [0.05, 0.1) is 7.11 Å². The molecule has 7 nitrogen and oxygen atoms in total. The summed E-state index contributed by atoms with van der Waals surface area (Å²) in [7, 11) is 1.38. The van der Waals surface area contributed by atoms with Gasteiger partial charge < -0.3 is 15.0 Å². The molecule has 2 rings (SSSR count). The number of rotatable bonds is 4. The Hall–Kier alpha value is -1.86. The zero-order valence-corrected chi connectivity index (χ0v) is 13.2. The van der Waals surface area contributed by atoms with Crippen LogP contribution in [0, 0.1) is 0 Å². The first kappa shape index (κ1) is 16.5. The molecule has 1 aromatic heterocycles. The Labute approximate surface area is 134 Å². The Morgan fingerprint density at radius 3 is 2.73 bits per heavy atom. The van der Waals surface area contributed by atoms with E-state index < -0.39 is 0 Å². The summed E-state index contributed by atoms with van der Waals surface area (Å²) in [5.41, 5.74) is 0.308. The summed E-state index contributed by atoms with van der Waals surface area (Å²) >= 11 is 5.83. The van der Waals surface area contributed by atoms with Crippen molar-refractivity contribution in [2.24, 2.45) is 0 Å². The van der Waals surface area contributed by atoms with Crippen LogP contribution in [0.2, 0.25) is 5.02 Å². The lowest BCUT2D eigenvalue weighted by Crippen LogP contribution is -2.50. The number of halogens is 1. The van der Waals surface area contributed by atoms with Crippen molar-refractivity contribution in [2.45, 2.75) is 0 Å². The number of ether oxygens (including phenoxy) is 1. The van der Waals surface area contributed by atoms with Gasteiger partial charge in [-0.15, -0.1) is 0 Å². The van der Waals surface area contributed by atoms with Crippen LogP contribution in [0.1, 0.15) is 10.5 Å². The van der Waals surface area contributed by atoms with Crippen LogP contribution in [-0.2, 0) is 4.74 Å². The largest absolute Gasteiger partial charge is 0.453 e. The van der Waals surface area contributed by atoms with Crippen LogP contribution < -0.4 is 5.32 Å². The predicted octanol–water partition coefficient (Wildman–Crippen LogP) is 0.849. The molecule has 120 valence electrons. The van der Waals surface area contributed by atoms with Crippen LogP contribution in [0.4, 0.5) is 4.79 Å². The minimum Gasteiger partial charge on any atom is -0.453 e. The second-order valence-electron chi connectivity index (χ2n) is 4.91. The van der Waals surface area contributed by atoms with Crippen molar-refractivity contribution in [3.8, 4) is 0 Å². The molecule has 1 aliphatic heterocycles. The number of methoxy groups -OCH3 is 1.